The first kappa shape index (κ1) is 22.7. The Kier molecular flexibility index (Phi) is 9.04. The molecule has 3 N–H and O–H groups in total. The Hall–Kier alpha value is -2.32. The molecule has 0 aliphatic rings. The summed E-state index contributed by atoms with van der Waals surface area (Å²) in [6.45, 7) is 5.99. The second kappa shape index (κ2) is 10.7. The van der Waals surface area contributed by atoms with Crippen LogP contribution in [-0.2, 0) is 20.7 Å². The Morgan fingerprint density at radius 2 is 1.67 bits per heavy atom. The molecular formula is C19H30N2O6. The van der Waals surface area contributed by atoms with E-state index in [1.807, 2.05) is 29.2 Å². The van der Waals surface area contributed by atoms with Gasteiger partial charge in [-0.25, -0.2) is 9.59 Å². The molecule has 8 heteroatoms. The van der Waals surface area contributed by atoms with Gasteiger partial charge in [0.15, 0.2) is 0 Å². The number of esters is 1. The molecular weight excluding hydrogens is 352 g/mol. The molecule has 0 bridgehead atoms. The van der Waals surface area contributed by atoms with Gasteiger partial charge in [0, 0.05) is 25.2 Å². The molecule has 0 aromatic heterocycles. The number of amides is 1. The highest BCUT2D eigenvalue weighted by molar-refractivity contribution is 5.81. The zero-order chi connectivity index (χ0) is 20.4. The number of hydrogen-bond donors (Lipinski definition) is 3. The summed E-state index contributed by atoms with van der Waals surface area (Å²) in [5.41, 5.74) is 0.990. The summed E-state index contributed by atoms with van der Waals surface area (Å²) < 4.78 is 9.96. The zero-order valence-corrected chi connectivity index (χ0v) is 16.4. The first-order valence-corrected chi connectivity index (χ1v) is 8.83. The van der Waals surface area contributed by atoms with Crippen LogP contribution in [0.5, 0.6) is 0 Å². The average Bonchev–Trinajstić information content (AvgIpc) is 2.59. The predicted molar refractivity (Wildman–Crippen MR) is 102 cm³/mol. The van der Waals surface area contributed by atoms with Gasteiger partial charge in [0.1, 0.15) is 11.6 Å². The van der Waals surface area contributed by atoms with Crippen molar-refractivity contribution in [1.29, 1.82) is 0 Å². The van der Waals surface area contributed by atoms with Crippen LogP contribution in [0.3, 0.4) is 0 Å². The highest BCUT2D eigenvalue weighted by Gasteiger charge is 2.25. The number of carbonyl (C=O) groups excluding carboxylic acids is 2. The first-order chi connectivity index (χ1) is 12.7. The molecule has 0 saturated carbocycles. The number of aliphatic hydroxyl groups is 2. The van der Waals surface area contributed by atoms with Crippen molar-refractivity contribution in [2.45, 2.75) is 38.8 Å². The van der Waals surface area contributed by atoms with Crippen LogP contribution in [0, 0.1) is 0 Å². The fraction of sp³-hybridized carbons (Fsp3) is 0.579. The number of alkyl carbamates (subject to hydrolysis) is 1. The third-order valence-corrected chi connectivity index (χ3v) is 3.66. The van der Waals surface area contributed by atoms with Crippen LogP contribution in [0.4, 0.5) is 10.5 Å². The lowest BCUT2D eigenvalue weighted by molar-refractivity contribution is -0.143. The number of aliphatic hydroxyl groups excluding tert-OH is 2. The fourth-order valence-electron chi connectivity index (χ4n) is 2.48. The van der Waals surface area contributed by atoms with Crippen LogP contribution in [0.25, 0.3) is 0 Å². The summed E-state index contributed by atoms with van der Waals surface area (Å²) in [5, 5.41) is 20.8. The molecule has 0 unspecified atom stereocenters. The topological polar surface area (TPSA) is 108 Å². The van der Waals surface area contributed by atoms with Crippen LogP contribution in [0.1, 0.15) is 26.3 Å². The van der Waals surface area contributed by atoms with Crippen LogP contribution in [0.2, 0.25) is 0 Å². The second-order valence-electron chi connectivity index (χ2n) is 7.03. The Balaban J connectivity index is 2.83. The summed E-state index contributed by atoms with van der Waals surface area (Å²) in [4.78, 5) is 25.8. The van der Waals surface area contributed by atoms with Crippen molar-refractivity contribution in [1.82, 2.24) is 5.32 Å². The number of methoxy groups -OCH3 is 1. The maximum Gasteiger partial charge on any atom is 0.408 e. The molecule has 0 aliphatic carbocycles. The van der Waals surface area contributed by atoms with Crippen LogP contribution >= 0.6 is 0 Å². The standard InChI is InChI=1S/C19H30N2O6/c1-19(2,3)27-18(25)20-16(17(24)26-4)13-14-5-7-15(8-6-14)21(9-11-22)10-12-23/h5-8,16,22-23H,9-13H2,1-4H3,(H,20,25)/t16-/m0/s1. The van der Waals surface area contributed by atoms with Gasteiger partial charge in [-0.1, -0.05) is 12.1 Å². The molecule has 0 radical (unpaired) electrons. The minimum Gasteiger partial charge on any atom is -0.467 e. The van der Waals surface area contributed by atoms with Gasteiger partial charge in [-0.15, -0.1) is 0 Å². The summed E-state index contributed by atoms with van der Waals surface area (Å²) in [5.74, 6) is -0.563. The van der Waals surface area contributed by atoms with E-state index < -0.39 is 23.7 Å². The Morgan fingerprint density at radius 3 is 2.11 bits per heavy atom. The quantitative estimate of drug-likeness (QED) is 0.549. The lowest BCUT2D eigenvalue weighted by atomic mass is 10.1. The van der Waals surface area contributed by atoms with Crippen molar-refractivity contribution in [3.63, 3.8) is 0 Å². The summed E-state index contributed by atoms with van der Waals surface area (Å²) in [6.07, 6.45) is -0.446. The number of anilines is 1. The molecule has 152 valence electrons. The first-order valence-electron chi connectivity index (χ1n) is 8.83. The maximum absolute atomic E-state index is 12.0. The molecule has 0 aliphatic heterocycles. The van der Waals surface area contributed by atoms with Gasteiger partial charge in [0.25, 0.3) is 0 Å². The molecule has 0 heterocycles. The number of nitrogens with one attached hydrogen (secondary N) is 1. The maximum atomic E-state index is 12.0. The molecule has 0 saturated heterocycles. The number of ether oxygens (including phenoxy) is 2. The smallest absolute Gasteiger partial charge is 0.408 e. The van der Waals surface area contributed by atoms with Gasteiger partial charge in [-0.05, 0) is 38.5 Å². The summed E-state index contributed by atoms with van der Waals surface area (Å²) in [7, 11) is 1.26. The average molecular weight is 382 g/mol. The number of carbonyl (C=O) groups is 2. The predicted octanol–water partition coefficient (Wildman–Crippen LogP) is 1.09. The minimum absolute atomic E-state index is 0.0219. The molecule has 0 spiro atoms. The molecule has 1 atom stereocenters. The highest BCUT2D eigenvalue weighted by atomic mass is 16.6. The van der Waals surface area contributed by atoms with E-state index in [9.17, 15) is 9.59 Å². The monoisotopic (exact) mass is 382 g/mol. The second-order valence-corrected chi connectivity index (χ2v) is 7.03. The van der Waals surface area contributed by atoms with E-state index in [1.165, 1.54) is 7.11 Å². The fourth-order valence-corrected chi connectivity index (χ4v) is 2.48. The number of nitrogens with zero attached hydrogens (tertiary/aromatic N) is 1. The lowest BCUT2D eigenvalue weighted by Gasteiger charge is -2.24. The third-order valence-electron chi connectivity index (χ3n) is 3.66. The number of hydrogen-bond acceptors (Lipinski definition) is 7. The molecule has 1 amide bonds. The van der Waals surface area contributed by atoms with Crippen LogP contribution in [0.15, 0.2) is 24.3 Å². The van der Waals surface area contributed by atoms with E-state index >= 15 is 0 Å². The summed E-state index contributed by atoms with van der Waals surface area (Å²) >= 11 is 0. The van der Waals surface area contributed by atoms with Gasteiger partial charge in [0.05, 0.1) is 20.3 Å². The molecule has 1 aromatic carbocycles. The summed E-state index contributed by atoms with van der Waals surface area (Å²) in [6, 6.07) is 6.44. The molecule has 0 fully saturated rings. The van der Waals surface area contributed by atoms with Gasteiger partial charge in [-0.2, -0.15) is 0 Å². The van der Waals surface area contributed by atoms with Crippen LogP contribution < -0.4 is 10.2 Å². The molecule has 1 rings (SSSR count). The van der Waals surface area contributed by atoms with Crippen molar-refractivity contribution in [3.8, 4) is 0 Å². The van der Waals surface area contributed by atoms with Crippen molar-refractivity contribution in [2.75, 3.05) is 38.3 Å². The SMILES string of the molecule is COC(=O)[C@H](Cc1ccc(N(CCO)CCO)cc1)NC(=O)OC(C)(C)C. The van der Waals surface area contributed by atoms with Crippen molar-refractivity contribution in [2.24, 2.45) is 0 Å². The van der Waals surface area contributed by atoms with Gasteiger partial charge in [-0.3, -0.25) is 0 Å². The van der Waals surface area contributed by atoms with Crippen molar-refractivity contribution < 1.29 is 29.3 Å². The largest absolute Gasteiger partial charge is 0.467 e. The van der Waals surface area contributed by atoms with Crippen molar-refractivity contribution >= 4 is 17.7 Å². The number of benzene rings is 1. The van der Waals surface area contributed by atoms with Crippen molar-refractivity contribution in [3.05, 3.63) is 29.8 Å². The van der Waals surface area contributed by atoms with Gasteiger partial charge < -0.3 is 29.9 Å². The number of rotatable bonds is 9. The van der Waals surface area contributed by atoms with Crippen LogP contribution in [-0.4, -0.2) is 67.3 Å². The van der Waals surface area contributed by atoms with Gasteiger partial charge in [0.2, 0.25) is 0 Å². The van der Waals surface area contributed by atoms with E-state index in [-0.39, 0.29) is 19.6 Å². The van der Waals surface area contributed by atoms with E-state index in [2.05, 4.69) is 5.32 Å². The molecule has 8 nitrogen and oxygen atoms in total. The normalized spacial score (nSPS) is 12.2. The Labute approximate surface area is 160 Å². The third kappa shape index (κ3) is 8.27. The Bertz CT molecular complexity index is 591. The highest BCUT2D eigenvalue weighted by Crippen LogP contribution is 2.16. The van der Waals surface area contributed by atoms with E-state index in [4.69, 9.17) is 19.7 Å². The lowest BCUT2D eigenvalue weighted by Crippen LogP contribution is -2.45. The van der Waals surface area contributed by atoms with E-state index in [1.54, 1.807) is 20.8 Å². The molecule has 1 aromatic rings. The minimum atomic E-state index is -0.873. The van der Waals surface area contributed by atoms with Gasteiger partial charge >= 0.3 is 12.1 Å². The van der Waals surface area contributed by atoms with E-state index in [0.717, 1.165) is 11.3 Å². The zero-order valence-electron chi connectivity index (χ0n) is 16.4. The Morgan fingerprint density at radius 1 is 1.11 bits per heavy atom. The molecule has 27 heavy (non-hydrogen) atoms. The van der Waals surface area contributed by atoms with E-state index in [0.29, 0.717) is 13.1 Å².